The maximum atomic E-state index is 14.3. The molecule has 4 heterocycles. The fourth-order valence-electron chi connectivity index (χ4n) is 3.76. The van der Waals surface area contributed by atoms with Crippen LogP contribution in [0.4, 0.5) is 16.0 Å². The molecule has 1 saturated heterocycles. The lowest BCUT2D eigenvalue weighted by Crippen LogP contribution is -2.30. The number of alkyl halides is 1. The van der Waals surface area contributed by atoms with Gasteiger partial charge in [0.2, 0.25) is 0 Å². The Morgan fingerprint density at radius 3 is 2.74 bits per heavy atom. The lowest BCUT2D eigenvalue weighted by atomic mass is 9.92. The van der Waals surface area contributed by atoms with E-state index in [1.807, 2.05) is 24.2 Å². The van der Waals surface area contributed by atoms with Gasteiger partial charge in [-0.15, -0.1) is 0 Å². The van der Waals surface area contributed by atoms with Gasteiger partial charge in [0.05, 0.1) is 11.9 Å². The van der Waals surface area contributed by atoms with Crippen LogP contribution in [-0.2, 0) is 7.05 Å². The Labute approximate surface area is 180 Å². The Bertz CT molecular complexity index is 1110. The monoisotopic (exact) mass is 423 g/mol. The summed E-state index contributed by atoms with van der Waals surface area (Å²) in [7, 11) is 1.83. The molecule has 8 nitrogen and oxygen atoms in total. The molecular formula is C22H26FN7O. The number of aryl methyl sites for hydroxylation is 2. The van der Waals surface area contributed by atoms with Gasteiger partial charge < -0.3 is 10.2 Å². The maximum Gasteiger partial charge on any atom is 0.275 e. The number of hydrogen-bond donors (Lipinski definition) is 1. The molecule has 31 heavy (non-hydrogen) atoms. The molecule has 0 bridgehead atoms. The van der Waals surface area contributed by atoms with Crippen molar-refractivity contribution in [2.45, 2.75) is 32.9 Å². The van der Waals surface area contributed by atoms with E-state index in [-0.39, 0.29) is 17.5 Å². The van der Waals surface area contributed by atoms with Crippen LogP contribution in [-0.4, -0.2) is 49.4 Å². The van der Waals surface area contributed by atoms with Gasteiger partial charge in [0.1, 0.15) is 28.8 Å². The second kappa shape index (κ2) is 8.05. The van der Waals surface area contributed by atoms with E-state index in [1.165, 1.54) is 0 Å². The van der Waals surface area contributed by atoms with Crippen LogP contribution in [0.1, 0.15) is 36.6 Å². The van der Waals surface area contributed by atoms with Crippen LogP contribution in [0.5, 0.6) is 0 Å². The first-order valence-corrected chi connectivity index (χ1v) is 10.3. The van der Waals surface area contributed by atoms with E-state index in [9.17, 15) is 9.18 Å². The fourth-order valence-corrected chi connectivity index (χ4v) is 3.76. The highest BCUT2D eigenvalue weighted by molar-refractivity contribution is 6.02. The van der Waals surface area contributed by atoms with E-state index in [0.29, 0.717) is 29.7 Å². The van der Waals surface area contributed by atoms with Crippen molar-refractivity contribution >= 4 is 17.5 Å². The predicted octanol–water partition coefficient (Wildman–Crippen LogP) is 3.41. The highest BCUT2D eigenvalue weighted by atomic mass is 19.1. The zero-order valence-corrected chi connectivity index (χ0v) is 18.1. The number of rotatable bonds is 5. The lowest BCUT2D eigenvalue weighted by Gasteiger charge is -2.23. The van der Waals surface area contributed by atoms with E-state index in [0.717, 1.165) is 18.5 Å². The Morgan fingerprint density at radius 2 is 2.06 bits per heavy atom. The number of nitrogens with zero attached hydrogens (tertiary/aromatic N) is 6. The molecule has 0 radical (unpaired) electrons. The summed E-state index contributed by atoms with van der Waals surface area (Å²) in [6.07, 6.45) is 4.30. The smallest absolute Gasteiger partial charge is 0.275 e. The van der Waals surface area contributed by atoms with Crippen molar-refractivity contribution in [1.29, 1.82) is 0 Å². The average Bonchev–Trinajstić information content (AvgIpc) is 3.37. The highest BCUT2D eigenvalue weighted by Crippen LogP contribution is 2.32. The number of carbonyl (C=O) groups is 1. The van der Waals surface area contributed by atoms with Crippen LogP contribution in [0.25, 0.3) is 11.3 Å². The number of carbonyl (C=O) groups excluding carboxylic acids is 1. The van der Waals surface area contributed by atoms with Crippen LogP contribution >= 0.6 is 0 Å². The lowest BCUT2D eigenvalue weighted by molar-refractivity contribution is 0.102. The van der Waals surface area contributed by atoms with Gasteiger partial charge in [0, 0.05) is 43.9 Å². The summed E-state index contributed by atoms with van der Waals surface area (Å²) in [5, 5.41) is 6.96. The minimum absolute atomic E-state index is 0.0553. The first kappa shape index (κ1) is 20.9. The third-order valence-electron chi connectivity index (χ3n) is 5.53. The number of amides is 1. The van der Waals surface area contributed by atoms with Crippen LogP contribution in [0.15, 0.2) is 36.7 Å². The summed E-state index contributed by atoms with van der Waals surface area (Å²) >= 11 is 0. The molecule has 4 rings (SSSR count). The summed E-state index contributed by atoms with van der Waals surface area (Å²) < 4.78 is 16.0. The van der Waals surface area contributed by atoms with Crippen LogP contribution in [0, 0.1) is 12.8 Å². The molecule has 1 aliphatic rings. The van der Waals surface area contributed by atoms with Gasteiger partial charge in [-0.1, -0.05) is 6.07 Å². The van der Waals surface area contributed by atoms with Gasteiger partial charge in [0.15, 0.2) is 0 Å². The molecule has 0 saturated carbocycles. The van der Waals surface area contributed by atoms with E-state index >= 15 is 0 Å². The van der Waals surface area contributed by atoms with Gasteiger partial charge in [-0.3, -0.25) is 9.48 Å². The summed E-state index contributed by atoms with van der Waals surface area (Å²) in [5.41, 5.74) is 0.535. The largest absolute Gasteiger partial charge is 0.356 e. The first-order chi connectivity index (χ1) is 14.7. The molecule has 0 aliphatic carbocycles. The minimum Gasteiger partial charge on any atom is -0.356 e. The van der Waals surface area contributed by atoms with Gasteiger partial charge in [-0.05, 0) is 39.3 Å². The van der Waals surface area contributed by atoms with Gasteiger partial charge >= 0.3 is 0 Å². The number of halogens is 1. The molecule has 3 aromatic rings. The summed E-state index contributed by atoms with van der Waals surface area (Å²) in [6.45, 7) is 6.31. The number of hydrogen-bond acceptors (Lipinski definition) is 6. The van der Waals surface area contributed by atoms with E-state index < -0.39 is 5.67 Å². The van der Waals surface area contributed by atoms with E-state index in [4.69, 9.17) is 0 Å². The molecule has 0 spiro atoms. The van der Waals surface area contributed by atoms with Crippen molar-refractivity contribution in [3.8, 4) is 11.3 Å². The topological polar surface area (TPSA) is 88.8 Å². The molecular weight excluding hydrogens is 397 g/mol. The minimum atomic E-state index is -1.24. The summed E-state index contributed by atoms with van der Waals surface area (Å²) in [5.74, 6) is 1.20. The second-order valence-corrected chi connectivity index (χ2v) is 8.42. The van der Waals surface area contributed by atoms with Crippen molar-refractivity contribution in [2.75, 3.05) is 23.3 Å². The van der Waals surface area contributed by atoms with Gasteiger partial charge in [-0.2, -0.15) is 5.10 Å². The van der Waals surface area contributed by atoms with Crippen molar-refractivity contribution < 1.29 is 9.18 Å². The molecule has 162 valence electrons. The number of nitrogens with one attached hydrogen (secondary N) is 1. The highest BCUT2D eigenvalue weighted by Gasteiger charge is 2.35. The second-order valence-electron chi connectivity index (χ2n) is 8.42. The third-order valence-corrected chi connectivity index (χ3v) is 5.53. The van der Waals surface area contributed by atoms with Crippen LogP contribution in [0.3, 0.4) is 0 Å². The summed E-state index contributed by atoms with van der Waals surface area (Å²) in [6, 6.07) is 6.99. The number of pyridine rings is 1. The van der Waals surface area contributed by atoms with Crippen LogP contribution in [0.2, 0.25) is 0 Å². The normalized spacial score (nSPS) is 16.5. The molecule has 1 N–H and O–H groups in total. The zero-order valence-electron chi connectivity index (χ0n) is 18.1. The van der Waals surface area contributed by atoms with Crippen molar-refractivity contribution in [2.24, 2.45) is 13.0 Å². The Hall–Kier alpha value is -3.36. The number of aromatic nitrogens is 5. The SMILES string of the molecule is Cc1nc(NC(=O)c2cccc(-c3cnn(C)c3)n2)cc(N2CC[C@@H](C(C)(C)F)C2)n1. The van der Waals surface area contributed by atoms with Crippen molar-refractivity contribution in [3.63, 3.8) is 0 Å². The van der Waals surface area contributed by atoms with Crippen molar-refractivity contribution in [1.82, 2.24) is 24.7 Å². The maximum absolute atomic E-state index is 14.3. The average molecular weight is 423 g/mol. The zero-order chi connectivity index (χ0) is 22.2. The Morgan fingerprint density at radius 1 is 1.26 bits per heavy atom. The van der Waals surface area contributed by atoms with E-state index in [1.54, 1.807) is 49.8 Å². The van der Waals surface area contributed by atoms with Crippen LogP contribution < -0.4 is 10.2 Å². The first-order valence-electron chi connectivity index (χ1n) is 10.3. The molecule has 9 heteroatoms. The van der Waals surface area contributed by atoms with Gasteiger partial charge in [-0.25, -0.2) is 19.3 Å². The molecule has 1 aliphatic heterocycles. The Balaban J connectivity index is 1.52. The molecule has 3 aromatic heterocycles. The van der Waals surface area contributed by atoms with Crippen molar-refractivity contribution in [3.05, 3.63) is 48.2 Å². The van der Waals surface area contributed by atoms with Gasteiger partial charge in [0.25, 0.3) is 5.91 Å². The molecule has 1 atom stereocenters. The summed E-state index contributed by atoms with van der Waals surface area (Å²) in [4.78, 5) is 28.1. The predicted molar refractivity (Wildman–Crippen MR) is 117 cm³/mol. The Kier molecular flexibility index (Phi) is 5.43. The molecule has 0 aromatic carbocycles. The quantitative estimate of drug-likeness (QED) is 0.677. The van der Waals surface area contributed by atoms with E-state index in [2.05, 4.69) is 25.4 Å². The third kappa shape index (κ3) is 4.70. The molecule has 1 fully saturated rings. The molecule has 0 unspecified atom stereocenters. The number of anilines is 2. The standard InChI is InChI=1S/C22H26FN7O/c1-14-25-19(10-20(26-14)30-9-8-16(13-30)22(2,3)23)28-21(31)18-7-5-6-17(27-18)15-11-24-29(4)12-15/h5-7,10-12,16H,8-9,13H2,1-4H3,(H,25,26,28,31)/t16-/m1/s1. The molecule has 1 amide bonds. The fraction of sp³-hybridized carbons (Fsp3) is 0.409.